The molecule has 1 heterocycles. The third-order valence-corrected chi connectivity index (χ3v) is 3.56. The largest absolute Gasteiger partial charge is 0.322 e. The van der Waals surface area contributed by atoms with E-state index in [-0.39, 0.29) is 11.7 Å². The van der Waals surface area contributed by atoms with Gasteiger partial charge >= 0.3 is 0 Å². The van der Waals surface area contributed by atoms with Gasteiger partial charge in [0.15, 0.2) is 0 Å². The molecule has 0 bridgehead atoms. The molecule has 0 aliphatic rings. The number of carbonyl (C=O) groups is 1. The fraction of sp³-hybridized carbons (Fsp3) is 0. The summed E-state index contributed by atoms with van der Waals surface area (Å²) < 4.78 is 13.1. The van der Waals surface area contributed by atoms with E-state index >= 15 is 0 Å². The van der Waals surface area contributed by atoms with Crippen molar-refractivity contribution in [2.75, 3.05) is 5.32 Å². The predicted octanol–water partition coefficient (Wildman–Crippen LogP) is 5.04. The van der Waals surface area contributed by atoms with Crippen LogP contribution >= 0.6 is 0 Å². The number of pyridine rings is 1. The summed E-state index contributed by atoms with van der Waals surface area (Å²) in [6.07, 6.45) is 8.53. The monoisotopic (exact) mass is 344 g/mol. The number of nitrogens with one attached hydrogen (secondary N) is 1. The van der Waals surface area contributed by atoms with Crippen molar-refractivity contribution >= 4 is 29.8 Å². The average molecular weight is 344 g/mol. The summed E-state index contributed by atoms with van der Waals surface area (Å²) in [5.41, 5.74) is 3.12. The number of nitrogens with zero attached hydrogens (tertiary/aromatic N) is 1. The second-order valence-corrected chi connectivity index (χ2v) is 5.59. The first-order chi connectivity index (χ1) is 12.7. The van der Waals surface area contributed by atoms with E-state index < -0.39 is 0 Å². The van der Waals surface area contributed by atoms with E-state index in [0.29, 0.717) is 11.3 Å². The van der Waals surface area contributed by atoms with Gasteiger partial charge < -0.3 is 5.32 Å². The minimum atomic E-state index is -0.333. The Morgan fingerprint density at radius 1 is 0.885 bits per heavy atom. The lowest BCUT2D eigenvalue weighted by atomic mass is 10.1. The first-order valence-electron chi connectivity index (χ1n) is 8.13. The van der Waals surface area contributed by atoms with Gasteiger partial charge in [0.25, 0.3) is 0 Å². The molecule has 1 amide bonds. The molecule has 1 aromatic heterocycles. The molecule has 0 aliphatic carbocycles. The van der Waals surface area contributed by atoms with Crippen LogP contribution in [0.1, 0.15) is 16.8 Å². The van der Waals surface area contributed by atoms with Crippen LogP contribution in [0.4, 0.5) is 10.1 Å². The van der Waals surface area contributed by atoms with Crippen LogP contribution < -0.4 is 5.32 Å². The highest BCUT2D eigenvalue weighted by atomic mass is 19.1. The summed E-state index contributed by atoms with van der Waals surface area (Å²) >= 11 is 0. The van der Waals surface area contributed by atoms with E-state index in [1.54, 1.807) is 24.4 Å². The summed E-state index contributed by atoms with van der Waals surface area (Å²) in [5.74, 6) is -0.611. The number of benzene rings is 2. The zero-order valence-corrected chi connectivity index (χ0v) is 14.0. The normalized spacial score (nSPS) is 11.1. The SMILES string of the molecule is O=C(/C=C/c1cccc(F)c1)Nc1cccc(/C=C/c2ccccn2)c1. The van der Waals surface area contributed by atoms with Crippen LogP contribution in [0, 0.1) is 5.82 Å². The lowest BCUT2D eigenvalue weighted by molar-refractivity contribution is -0.111. The summed E-state index contributed by atoms with van der Waals surface area (Å²) in [6.45, 7) is 0. The van der Waals surface area contributed by atoms with Crippen molar-refractivity contribution in [3.63, 3.8) is 0 Å². The summed E-state index contributed by atoms with van der Waals surface area (Å²) in [4.78, 5) is 16.3. The van der Waals surface area contributed by atoms with Crippen molar-refractivity contribution in [1.82, 2.24) is 4.98 Å². The maximum atomic E-state index is 13.1. The van der Waals surface area contributed by atoms with Crippen LogP contribution in [0.5, 0.6) is 0 Å². The van der Waals surface area contributed by atoms with Crippen LogP contribution in [0.15, 0.2) is 79.0 Å². The Labute approximate surface area is 151 Å². The number of anilines is 1. The van der Waals surface area contributed by atoms with Gasteiger partial charge in [-0.2, -0.15) is 0 Å². The fourth-order valence-corrected chi connectivity index (χ4v) is 2.34. The molecule has 0 atom stereocenters. The summed E-state index contributed by atoms with van der Waals surface area (Å²) in [7, 11) is 0. The number of carbonyl (C=O) groups excluding carboxylic acids is 1. The molecular formula is C22H17FN2O. The van der Waals surface area contributed by atoms with Crippen molar-refractivity contribution in [3.8, 4) is 0 Å². The van der Waals surface area contributed by atoms with Crippen LogP contribution in [-0.2, 0) is 4.79 Å². The third kappa shape index (κ3) is 5.24. The minimum absolute atomic E-state index is 0.278. The van der Waals surface area contributed by atoms with Crippen molar-refractivity contribution in [1.29, 1.82) is 0 Å². The smallest absolute Gasteiger partial charge is 0.248 e. The van der Waals surface area contributed by atoms with Gasteiger partial charge in [-0.3, -0.25) is 9.78 Å². The van der Waals surface area contributed by atoms with E-state index in [0.717, 1.165) is 11.3 Å². The molecule has 1 N–H and O–H groups in total. The van der Waals surface area contributed by atoms with Gasteiger partial charge in [-0.1, -0.05) is 36.4 Å². The standard InChI is InChI=1S/C22H17FN2O/c23-19-7-3-5-17(15-19)11-13-22(26)25-21-9-4-6-18(16-21)10-12-20-8-1-2-14-24-20/h1-16H,(H,25,26)/b12-10+,13-11+. The van der Waals surface area contributed by atoms with Gasteiger partial charge in [0.1, 0.15) is 5.82 Å². The van der Waals surface area contributed by atoms with Crippen molar-refractivity contribution in [2.24, 2.45) is 0 Å². The molecule has 0 saturated carbocycles. The molecule has 3 aromatic rings. The maximum absolute atomic E-state index is 13.1. The predicted molar refractivity (Wildman–Crippen MR) is 104 cm³/mol. The molecule has 3 rings (SSSR count). The minimum Gasteiger partial charge on any atom is -0.322 e. The van der Waals surface area contributed by atoms with Gasteiger partial charge in [-0.15, -0.1) is 0 Å². The second-order valence-electron chi connectivity index (χ2n) is 5.59. The number of hydrogen-bond donors (Lipinski definition) is 1. The third-order valence-electron chi connectivity index (χ3n) is 3.56. The van der Waals surface area contributed by atoms with Crippen LogP contribution in [0.3, 0.4) is 0 Å². The Balaban J connectivity index is 1.64. The van der Waals surface area contributed by atoms with E-state index in [1.165, 1.54) is 18.2 Å². The highest BCUT2D eigenvalue weighted by Crippen LogP contribution is 2.14. The molecule has 0 unspecified atom stereocenters. The molecule has 2 aromatic carbocycles. The number of halogens is 1. The van der Waals surface area contributed by atoms with Gasteiger partial charge in [-0.05, 0) is 59.7 Å². The Kier molecular flexibility index (Phi) is 5.68. The van der Waals surface area contributed by atoms with Crippen LogP contribution in [0.2, 0.25) is 0 Å². The Morgan fingerprint density at radius 2 is 1.69 bits per heavy atom. The van der Waals surface area contributed by atoms with Crippen molar-refractivity contribution in [3.05, 3.63) is 102 Å². The molecule has 0 saturated heterocycles. The number of amides is 1. The fourth-order valence-electron chi connectivity index (χ4n) is 2.34. The number of hydrogen-bond acceptors (Lipinski definition) is 2. The molecule has 26 heavy (non-hydrogen) atoms. The molecule has 4 heteroatoms. The highest BCUT2D eigenvalue weighted by molar-refractivity contribution is 6.02. The zero-order valence-electron chi connectivity index (χ0n) is 14.0. The van der Waals surface area contributed by atoms with E-state index in [4.69, 9.17) is 0 Å². The first-order valence-corrected chi connectivity index (χ1v) is 8.13. The lowest BCUT2D eigenvalue weighted by Gasteiger charge is -2.03. The number of aromatic nitrogens is 1. The topological polar surface area (TPSA) is 42.0 Å². The molecule has 0 fully saturated rings. The van der Waals surface area contributed by atoms with E-state index in [2.05, 4.69) is 10.3 Å². The van der Waals surface area contributed by atoms with Gasteiger partial charge in [0.05, 0.1) is 5.69 Å². The Bertz CT molecular complexity index is 949. The summed E-state index contributed by atoms with van der Waals surface area (Å²) in [6, 6.07) is 19.3. The Morgan fingerprint density at radius 3 is 2.46 bits per heavy atom. The lowest BCUT2D eigenvalue weighted by Crippen LogP contribution is -2.07. The highest BCUT2D eigenvalue weighted by Gasteiger charge is 1.99. The average Bonchev–Trinajstić information content (AvgIpc) is 2.66. The van der Waals surface area contributed by atoms with Gasteiger partial charge in [0, 0.05) is 18.0 Å². The van der Waals surface area contributed by atoms with Crippen LogP contribution in [-0.4, -0.2) is 10.9 Å². The summed E-state index contributed by atoms with van der Waals surface area (Å²) in [5, 5.41) is 2.80. The maximum Gasteiger partial charge on any atom is 0.248 e. The number of rotatable bonds is 5. The van der Waals surface area contributed by atoms with Crippen LogP contribution in [0.25, 0.3) is 18.2 Å². The molecule has 3 nitrogen and oxygen atoms in total. The molecule has 128 valence electrons. The molecular weight excluding hydrogens is 327 g/mol. The van der Waals surface area contributed by atoms with Crippen molar-refractivity contribution < 1.29 is 9.18 Å². The van der Waals surface area contributed by atoms with Crippen molar-refractivity contribution in [2.45, 2.75) is 0 Å². The molecule has 0 radical (unpaired) electrons. The van der Waals surface area contributed by atoms with Gasteiger partial charge in [-0.25, -0.2) is 4.39 Å². The van der Waals surface area contributed by atoms with E-state index in [9.17, 15) is 9.18 Å². The molecule has 0 aliphatic heterocycles. The van der Waals surface area contributed by atoms with Gasteiger partial charge in [0.2, 0.25) is 5.91 Å². The zero-order chi connectivity index (χ0) is 18.2. The second kappa shape index (κ2) is 8.53. The quantitative estimate of drug-likeness (QED) is 0.659. The first kappa shape index (κ1) is 17.3. The Hall–Kier alpha value is -3.53. The van der Waals surface area contributed by atoms with E-state index in [1.807, 2.05) is 54.6 Å². The molecule has 0 spiro atoms.